The van der Waals surface area contributed by atoms with Gasteiger partial charge >= 0.3 is 0 Å². The summed E-state index contributed by atoms with van der Waals surface area (Å²) >= 11 is 1.37. The Kier molecular flexibility index (Phi) is 4.08. The molecule has 2 heterocycles. The number of thiazole rings is 1. The van der Waals surface area contributed by atoms with Crippen molar-refractivity contribution < 1.29 is 13.6 Å². The fourth-order valence-electron chi connectivity index (χ4n) is 2.18. The van der Waals surface area contributed by atoms with Gasteiger partial charge in [-0.15, -0.1) is 0 Å². The molecule has 0 saturated heterocycles. The number of nitrogens with one attached hydrogen (secondary N) is 1. The van der Waals surface area contributed by atoms with E-state index in [4.69, 9.17) is 0 Å². The lowest BCUT2D eigenvalue weighted by atomic mass is 10.2. The minimum atomic E-state index is -2.65. The third-order valence-corrected chi connectivity index (χ3v) is 4.24. The van der Waals surface area contributed by atoms with E-state index in [1.54, 1.807) is 6.92 Å². The number of hydrogen-bond acceptors (Lipinski definition) is 4. The van der Waals surface area contributed by atoms with E-state index in [2.05, 4.69) is 15.4 Å². The Morgan fingerprint density at radius 2 is 2.13 bits per heavy atom. The Hall–Kier alpha value is -2.35. The highest BCUT2D eigenvalue weighted by Gasteiger charge is 2.15. The lowest BCUT2D eigenvalue weighted by molar-refractivity contribution is -0.117. The Balaban J connectivity index is 1.73. The van der Waals surface area contributed by atoms with Crippen LogP contribution >= 0.6 is 11.3 Å². The third-order valence-electron chi connectivity index (χ3n) is 3.31. The van der Waals surface area contributed by atoms with Crippen LogP contribution in [0, 0.1) is 13.8 Å². The van der Waals surface area contributed by atoms with Gasteiger partial charge < -0.3 is 5.32 Å². The van der Waals surface area contributed by atoms with Gasteiger partial charge in [0.15, 0.2) is 5.13 Å². The second-order valence-corrected chi connectivity index (χ2v) is 6.24. The summed E-state index contributed by atoms with van der Waals surface area (Å²) in [7, 11) is 0. The SMILES string of the molecule is Cc1ccc2nc(NC(=O)Cn3nc(C(F)F)cc3C)sc2c1. The van der Waals surface area contributed by atoms with Crippen molar-refractivity contribution >= 4 is 32.6 Å². The second-order valence-electron chi connectivity index (χ2n) is 5.21. The molecule has 0 unspecified atom stereocenters. The van der Waals surface area contributed by atoms with Crippen LogP contribution in [0.15, 0.2) is 24.3 Å². The van der Waals surface area contributed by atoms with Crippen molar-refractivity contribution in [3.05, 3.63) is 41.2 Å². The van der Waals surface area contributed by atoms with E-state index in [1.165, 1.54) is 22.1 Å². The molecule has 3 rings (SSSR count). The van der Waals surface area contributed by atoms with E-state index in [-0.39, 0.29) is 18.1 Å². The Morgan fingerprint density at radius 3 is 2.83 bits per heavy atom. The number of aryl methyl sites for hydroxylation is 2. The first-order valence-electron chi connectivity index (χ1n) is 6.92. The van der Waals surface area contributed by atoms with Crippen LogP contribution in [0.3, 0.4) is 0 Å². The monoisotopic (exact) mass is 336 g/mol. The minimum Gasteiger partial charge on any atom is -0.300 e. The van der Waals surface area contributed by atoms with E-state index >= 15 is 0 Å². The largest absolute Gasteiger partial charge is 0.300 e. The summed E-state index contributed by atoms with van der Waals surface area (Å²) in [4.78, 5) is 16.4. The quantitative estimate of drug-likeness (QED) is 0.790. The first-order valence-corrected chi connectivity index (χ1v) is 7.73. The number of carbonyl (C=O) groups is 1. The zero-order valence-corrected chi connectivity index (χ0v) is 13.3. The fourth-order valence-corrected chi connectivity index (χ4v) is 3.16. The summed E-state index contributed by atoms with van der Waals surface area (Å²) in [6.45, 7) is 3.48. The molecular formula is C15H14F2N4OS. The molecule has 1 amide bonds. The molecule has 0 radical (unpaired) electrons. The summed E-state index contributed by atoms with van der Waals surface area (Å²) in [5.74, 6) is -0.354. The maximum absolute atomic E-state index is 12.6. The molecule has 23 heavy (non-hydrogen) atoms. The highest BCUT2D eigenvalue weighted by molar-refractivity contribution is 7.22. The number of halogens is 2. The van der Waals surface area contributed by atoms with E-state index < -0.39 is 6.43 Å². The smallest absolute Gasteiger partial charge is 0.282 e. The highest BCUT2D eigenvalue weighted by Crippen LogP contribution is 2.26. The Bertz CT molecular complexity index is 872. The predicted molar refractivity (Wildman–Crippen MR) is 84.9 cm³/mol. The van der Waals surface area contributed by atoms with Gasteiger partial charge in [0.1, 0.15) is 12.2 Å². The molecule has 1 aromatic carbocycles. The molecule has 0 atom stereocenters. The number of fused-ring (bicyclic) bond motifs is 1. The zero-order valence-electron chi connectivity index (χ0n) is 12.5. The number of nitrogens with zero attached hydrogens (tertiary/aromatic N) is 3. The van der Waals surface area contributed by atoms with Crippen LogP contribution < -0.4 is 5.32 Å². The van der Waals surface area contributed by atoms with Gasteiger partial charge in [-0.1, -0.05) is 17.4 Å². The van der Waals surface area contributed by atoms with Crippen LogP contribution in [-0.2, 0) is 11.3 Å². The molecule has 8 heteroatoms. The Labute approximate surface area is 135 Å². The molecule has 120 valence electrons. The molecule has 1 N–H and O–H groups in total. The summed E-state index contributed by atoms with van der Waals surface area (Å²) in [6.07, 6.45) is -2.65. The molecule has 0 aliphatic rings. The van der Waals surface area contributed by atoms with Crippen LogP contribution in [0.4, 0.5) is 13.9 Å². The first-order chi connectivity index (χ1) is 10.9. The molecular weight excluding hydrogens is 322 g/mol. The molecule has 0 aliphatic heterocycles. The zero-order chi connectivity index (χ0) is 16.6. The maximum atomic E-state index is 12.6. The standard InChI is InChI=1S/C15H14F2N4OS/c1-8-3-4-10-12(5-8)23-15(18-10)19-13(22)7-21-9(2)6-11(20-21)14(16)17/h3-6,14H,7H2,1-2H3,(H,18,19,22). The van der Waals surface area contributed by atoms with Crippen LogP contribution in [0.5, 0.6) is 0 Å². The van der Waals surface area contributed by atoms with Crippen LogP contribution in [0.2, 0.25) is 0 Å². The van der Waals surface area contributed by atoms with Gasteiger partial charge in [0.05, 0.1) is 10.2 Å². The lowest BCUT2D eigenvalue weighted by Gasteiger charge is -2.04. The van der Waals surface area contributed by atoms with E-state index in [0.717, 1.165) is 15.8 Å². The average molecular weight is 336 g/mol. The molecule has 0 bridgehead atoms. The number of rotatable bonds is 4. The summed E-state index contributed by atoms with van der Waals surface area (Å²) in [5.41, 5.74) is 2.11. The molecule has 2 aromatic heterocycles. The number of carbonyl (C=O) groups excluding carboxylic acids is 1. The first kappa shape index (κ1) is 15.5. The molecule has 0 spiro atoms. The van der Waals surface area contributed by atoms with Crippen molar-refractivity contribution in [3.63, 3.8) is 0 Å². The van der Waals surface area contributed by atoms with Crippen molar-refractivity contribution in [2.45, 2.75) is 26.8 Å². The summed E-state index contributed by atoms with van der Waals surface area (Å²) in [5, 5.41) is 6.90. The van der Waals surface area contributed by atoms with Gasteiger partial charge in [-0.05, 0) is 37.6 Å². The predicted octanol–water partition coefficient (Wildman–Crippen LogP) is 3.69. The van der Waals surface area contributed by atoms with Gasteiger partial charge in [-0.25, -0.2) is 13.8 Å². The molecule has 0 aliphatic carbocycles. The van der Waals surface area contributed by atoms with Crippen molar-refractivity contribution in [3.8, 4) is 0 Å². The third kappa shape index (κ3) is 3.37. The molecule has 3 aromatic rings. The maximum Gasteiger partial charge on any atom is 0.282 e. The van der Waals surface area contributed by atoms with E-state index in [0.29, 0.717) is 10.8 Å². The minimum absolute atomic E-state index is 0.131. The van der Waals surface area contributed by atoms with Crippen LogP contribution in [0.25, 0.3) is 10.2 Å². The molecule has 0 saturated carbocycles. The van der Waals surface area contributed by atoms with Crippen molar-refractivity contribution in [2.24, 2.45) is 0 Å². The second kappa shape index (κ2) is 6.04. The Morgan fingerprint density at radius 1 is 1.35 bits per heavy atom. The van der Waals surface area contributed by atoms with Crippen molar-refractivity contribution in [2.75, 3.05) is 5.32 Å². The van der Waals surface area contributed by atoms with E-state index in [9.17, 15) is 13.6 Å². The lowest BCUT2D eigenvalue weighted by Crippen LogP contribution is -2.20. The number of alkyl halides is 2. The van der Waals surface area contributed by atoms with Crippen LogP contribution in [0.1, 0.15) is 23.4 Å². The molecule has 0 fully saturated rings. The average Bonchev–Trinajstić information content (AvgIpc) is 3.02. The molecule has 5 nitrogen and oxygen atoms in total. The highest BCUT2D eigenvalue weighted by atomic mass is 32.1. The van der Waals surface area contributed by atoms with Gasteiger partial charge in [-0.2, -0.15) is 5.10 Å². The number of benzene rings is 1. The fraction of sp³-hybridized carbons (Fsp3) is 0.267. The summed E-state index contributed by atoms with van der Waals surface area (Å²) in [6, 6.07) is 7.11. The summed E-state index contributed by atoms with van der Waals surface area (Å²) < 4.78 is 27.5. The number of hydrogen-bond donors (Lipinski definition) is 1. The topological polar surface area (TPSA) is 59.8 Å². The number of anilines is 1. The normalized spacial score (nSPS) is 11.3. The number of aromatic nitrogens is 3. The van der Waals surface area contributed by atoms with Gasteiger partial charge in [0.25, 0.3) is 6.43 Å². The van der Waals surface area contributed by atoms with Gasteiger partial charge in [0, 0.05) is 5.69 Å². The van der Waals surface area contributed by atoms with Crippen molar-refractivity contribution in [1.29, 1.82) is 0 Å². The number of amides is 1. The van der Waals surface area contributed by atoms with Crippen LogP contribution in [-0.4, -0.2) is 20.7 Å². The van der Waals surface area contributed by atoms with E-state index in [1.807, 2.05) is 25.1 Å². The van der Waals surface area contributed by atoms with Gasteiger partial charge in [-0.3, -0.25) is 9.48 Å². The van der Waals surface area contributed by atoms with Gasteiger partial charge in [0.2, 0.25) is 5.91 Å². The van der Waals surface area contributed by atoms with Crippen molar-refractivity contribution in [1.82, 2.24) is 14.8 Å².